The number of carbonyl (C=O) groups is 1. The van der Waals surface area contributed by atoms with E-state index < -0.39 is 23.1 Å². The second-order valence-corrected chi connectivity index (χ2v) is 5.49. The number of benzene rings is 2. The predicted octanol–water partition coefficient (Wildman–Crippen LogP) is 4.06. The first kappa shape index (κ1) is 19.3. The highest BCUT2D eigenvalue weighted by atomic mass is 19.1. The molecule has 0 aliphatic rings. The van der Waals surface area contributed by atoms with Crippen molar-refractivity contribution in [2.45, 2.75) is 13.8 Å². The number of aromatic nitrogens is 2. The Morgan fingerprint density at radius 1 is 1.04 bits per heavy atom. The molecule has 0 aliphatic heterocycles. The van der Waals surface area contributed by atoms with Crippen molar-refractivity contribution in [2.75, 3.05) is 18.5 Å². The highest BCUT2D eigenvalue weighted by Crippen LogP contribution is 2.33. The van der Waals surface area contributed by atoms with E-state index in [2.05, 4.69) is 15.5 Å². The van der Waals surface area contributed by atoms with Crippen LogP contribution in [0.3, 0.4) is 0 Å². The second kappa shape index (κ2) is 8.47. The lowest BCUT2D eigenvalue weighted by molar-refractivity contribution is 0.101. The van der Waals surface area contributed by atoms with Crippen molar-refractivity contribution in [1.29, 1.82) is 0 Å². The Bertz CT molecular complexity index is 971. The molecule has 9 heteroatoms. The van der Waals surface area contributed by atoms with Crippen LogP contribution in [0.25, 0.3) is 11.5 Å². The van der Waals surface area contributed by atoms with Crippen LogP contribution < -0.4 is 14.8 Å². The van der Waals surface area contributed by atoms with Gasteiger partial charge in [0, 0.05) is 5.56 Å². The third-order valence-corrected chi connectivity index (χ3v) is 3.63. The molecule has 0 saturated heterocycles. The van der Waals surface area contributed by atoms with Crippen LogP contribution in [0.1, 0.15) is 24.2 Å². The van der Waals surface area contributed by atoms with E-state index in [1.807, 2.05) is 13.8 Å². The van der Waals surface area contributed by atoms with Crippen LogP contribution in [0.5, 0.6) is 11.5 Å². The summed E-state index contributed by atoms with van der Waals surface area (Å²) in [5.74, 6) is -1.87. The molecule has 28 heavy (non-hydrogen) atoms. The molecule has 1 heterocycles. The first-order valence-electron chi connectivity index (χ1n) is 8.52. The average molecular weight is 389 g/mol. The van der Waals surface area contributed by atoms with Crippen molar-refractivity contribution >= 4 is 11.9 Å². The molecule has 0 spiro atoms. The molecule has 0 unspecified atom stereocenters. The number of anilines is 1. The number of hydrogen-bond acceptors (Lipinski definition) is 6. The molecule has 146 valence electrons. The molecule has 1 aromatic heterocycles. The molecule has 0 radical (unpaired) electrons. The minimum absolute atomic E-state index is 0.0910. The van der Waals surface area contributed by atoms with Crippen LogP contribution in [-0.4, -0.2) is 29.3 Å². The Balaban J connectivity index is 1.82. The number of hydrogen-bond donors (Lipinski definition) is 1. The summed E-state index contributed by atoms with van der Waals surface area (Å²) in [6.45, 7) is 4.60. The molecule has 0 bridgehead atoms. The lowest BCUT2D eigenvalue weighted by atomic mass is 10.2. The lowest BCUT2D eigenvalue weighted by Crippen LogP contribution is -2.16. The largest absolute Gasteiger partial charge is 0.490 e. The van der Waals surface area contributed by atoms with Gasteiger partial charge in [0.1, 0.15) is 17.2 Å². The monoisotopic (exact) mass is 389 g/mol. The molecule has 0 fully saturated rings. The standard InChI is InChI=1S/C19H17F2N3O4/c1-3-26-14-9-8-11(10-15(14)27-4-2)18-23-24-19(28-18)22-17(25)16-12(20)6-5-7-13(16)21/h5-10H,3-4H2,1-2H3,(H,22,24,25). The average Bonchev–Trinajstić information content (AvgIpc) is 3.12. The highest BCUT2D eigenvalue weighted by Gasteiger charge is 2.20. The van der Waals surface area contributed by atoms with E-state index in [9.17, 15) is 13.6 Å². The first-order valence-corrected chi connectivity index (χ1v) is 8.52. The SMILES string of the molecule is CCOc1ccc(-c2nnc(NC(=O)c3c(F)cccc3F)o2)cc1OCC. The minimum Gasteiger partial charge on any atom is -0.490 e. The van der Waals surface area contributed by atoms with Gasteiger partial charge in [-0.05, 0) is 44.2 Å². The van der Waals surface area contributed by atoms with Crippen LogP contribution in [0, 0.1) is 11.6 Å². The zero-order valence-electron chi connectivity index (χ0n) is 15.2. The quantitative estimate of drug-likeness (QED) is 0.656. The van der Waals surface area contributed by atoms with Gasteiger partial charge in [-0.15, -0.1) is 5.10 Å². The second-order valence-electron chi connectivity index (χ2n) is 5.49. The molecule has 3 aromatic rings. The number of amides is 1. The van der Waals surface area contributed by atoms with E-state index in [-0.39, 0.29) is 11.9 Å². The molecular formula is C19H17F2N3O4. The van der Waals surface area contributed by atoms with Gasteiger partial charge in [-0.2, -0.15) is 0 Å². The summed E-state index contributed by atoms with van der Waals surface area (Å²) in [5.41, 5.74) is -0.209. The van der Waals surface area contributed by atoms with E-state index >= 15 is 0 Å². The molecule has 1 amide bonds. The summed E-state index contributed by atoms with van der Waals surface area (Å²) in [5, 5.41) is 9.71. The van der Waals surface area contributed by atoms with E-state index in [0.29, 0.717) is 30.3 Å². The Morgan fingerprint density at radius 3 is 2.39 bits per heavy atom. The van der Waals surface area contributed by atoms with Gasteiger partial charge >= 0.3 is 6.01 Å². The topological polar surface area (TPSA) is 86.5 Å². The van der Waals surface area contributed by atoms with Gasteiger partial charge in [0.15, 0.2) is 11.5 Å². The van der Waals surface area contributed by atoms with Gasteiger partial charge in [0.25, 0.3) is 5.91 Å². The maximum atomic E-state index is 13.7. The molecule has 1 N–H and O–H groups in total. The van der Waals surface area contributed by atoms with E-state index in [4.69, 9.17) is 13.9 Å². The number of carbonyl (C=O) groups excluding carboxylic acids is 1. The first-order chi connectivity index (χ1) is 13.5. The number of nitrogens with one attached hydrogen (secondary N) is 1. The van der Waals surface area contributed by atoms with Gasteiger partial charge in [-0.25, -0.2) is 8.78 Å². The molecule has 0 atom stereocenters. The molecular weight excluding hydrogens is 372 g/mol. The van der Waals surface area contributed by atoms with Gasteiger partial charge in [-0.1, -0.05) is 11.2 Å². The van der Waals surface area contributed by atoms with Gasteiger partial charge in [-0.3, -0.25) is 10.1 Å². The summed E-state index contributed by atoms with van der Waals surface area (Å²) < 4.78 is 43.8. The number of rotatable bonds is 7. The van der Waals surface area contributed by atoms with Crippen molar-refractivity contribution in [1.82, 2.24) is 10.2 Å². The minimum atomic E-state index is -1.03. The molecule has 0 aliphatic carbocycles. The Hall–Kier alpha value is -3.49. The fourth-order valence-corrected chi connectivity index (χ4v) is 2.45. The summed E-state index contributed by atoms with van der Waals surface area (Å²) in [7, 11) is 0. The van der Waals surface area contributed by atoms with E-state index in [1.165, 1.54) is 0 Å². The predicted molar refractivity (Wildman–Crippen MR) is 96.4 cm³/mol. The van der Waals surface area contributed by atoms with Gasteiger partial charge in [0.2, 0.25) is 5.89 Å². The van der Waals surface area contributed by atoms with Crippen LogP contribution in [0.4, 0.5) is 14.8 Å². The Morgan fingerprint density at radius 2 is 1.71 bits per heavy atom. The molecule has 2 aromatic carbocycles. The zero-order chi connectivity index (χ0) is 20.1. The van der Waals surface area contributed by atoms with Crippen LogP contribution in [-0.2, 0) is 0 Å². The van der Waals surface area contributed by atoms with Crippen molar-refractivity contribution in [3.05, 3.63) is 53.6 Å². The fourth-order valence-electron chi connectivity index (χ4n) is 2.45. The summed E-state index contributed by atoms with van der Waals surface area (Å²) in [4.78, 5) is 12.1. The van der Waals surface area contributed by atoms with Crippen molar-refractivity contribution < 1.29 is 27.5 Å². The van der Waals surface area contributed by atoms with Crippen molar-refractivity contribution in [3.63, 3.8) is 0 Å². The van der Waals surface area contributed by atoms with Crippen molar-refractivity contribution in [3.8, 4) is 23.0 Å². The summed E-state index contributed by atoms with van der Waals surface area (Å²) >= 11 is 0. The number of ether oxygens (including phenoxy) is 2. The smallest absolute Gasteiger partial charge is 0.322 e. The summed E-state index contributed by atoms with van der Waals surface area (Å²) in [6.07, 6.45) is 0. The Kier molecular flexibility index (Phi) is 5.83. The van der Waals surface area contributed by atoms with Crippen LogP contribution in [0.2, 0.25) is 0 Å². The van der Waals surface area contributed by atoms with Crippen LogP contribution >= 0.6 is 0 Å². The van der Waals surface area contributed by atoms with Gasteiger partial charge < -0.3 is 13.9 Å². The third kappa shape index (κ3) is 4.08. The third-order valence-electron chi connectivity index (χ3n) is 3.63. The summed E-state index contributed by atoms with van der Waals surface area (Å²) in [6, 6.07) is 7.86. The Labute approximate surface area is 159 Å². The molecule has 3 rings (SSSR count). The maximum absolute atomic E-state index is 13.7. The normalized spacial score (nSPS) is 10.6. The number of nitrogens with zero attached hydrogens (tertiary/aromatic N) is 2. The van der Waals surface area contributed by atoms with E-state index in [0.717, 1.165) is 18.2 Å². The number of halogens is 2. The molecule has 7 nitrogen and oxygen atoms in total. The van der Waals surface area contributed by atoms with Gasteiger partial charge in [0.05, 0.1) is 13.2 Å². The van der Waals surface area contributed by atoms with E-state index in [1.54, 1.807) is 18.2 Å². The van der Waals surface area contributed by atoms with Crippen molar-refractivity contribution in [2.24, 2.45) is 0 Å². The molecule has 0 saturated carbocycles. The highest BCUT2D eigenvalue weighted by molar-refractivity contribution is 6.03. The van der Waals surface area contributed by atoms with Crippen LogP contribution in [0.15, 0.2) is 40.8 Å². The maximum Gasteiger partial charge on any atom is 0.322 e. The lowest BCUT2D eigenvalue weighted by Gasteiger charge is -2.11. The fraction of sp³-hybridized carbons (Fsp3) is 0.211. The zero-order valence-corrected chi connectivity index (χ0v) is 15.2.